The Labute approximate surface area is 122 Å². The summed E-state index contributed by atoms with van der Waals surface area (Å²) in [6.07, 6.45) is 0.941. The van der Waals surface area contributed by atoms with Crippen LogP contribution in [0.2, 0.25) is 0 Å². The number of alkyl carbamates (subject to hydrolysis) is 1. The lowest BCUT2D eigenvalue weighted by molar-refractivity contribution is -0.142. The molecule has 21 heavy (non-hydrogen) atoms. The van der Waals surface area contributed by atoms with E-state index in [1.807, 2.05) is 30.3 Å². The number of carbonyl (C=O) groups excluding carboxylic acids is 1. The van der Waals surface area contributed by atoms with Crippen molar-refractivity contribution in [3.8, 4) is 0 Å². The molecule has 7 heteroatoms. The molecule has 0 spiro atoms. The molecular formula is C14H20N2O5. The van der Waals surface area contributed by atoms with Crippen molar-refractivity contribution in [3.05, 3.63) is 35.9 Å². The molecule has 1 amide bonds. The van der Waals surface area contributed by atoms with Crippen LogP contribution in [0.4, 0.5) is 4.79 Å². The fourth-order valence-corrected chi connectivity index (χ4v) is 1.68. The maximum atomic E-state index is 11.4. The molecule has 0 aromatic heterocycles. The standard InChI is InChI=1S/C14H20N2O5/c17-13(18)12(16-20)8-4-5-9-15-14(19)21-10-11-6-2-1-3-7-11/h1-3,6-7,12,16,20H,4-5,8-10H2,(H,15,19)(H,17,18)/t12-/m0/s1. The van der Waals surface area contributed by atoms with Crippen molar-refractivity contribution in [2.45, 2.75) is 31.9 Å². The molecule has 1 atom stereocenters. The molecule has 4 N–H and O–H groups in total. The molecule has 7 nitrogen and oxygen atoms in total. The van der Waals surface area contributed by atoms with Gasteiger partial charge >= 0.3 is 12.1 Å². The first-order valence-corrected chi connectivity index (χ1v) is 6.70. The van der Waals surface area contributed by atoms with Crippen LogP contribution in [0.1, 0.15) is 24.8 Å². The summed E-state index contributed by atoms with van der Waals surface area (Å²) in [6.45, 7) is 0.605. The van der Waals surface area contributed by atoms with Gasteiger partial charge in [-0.05, 0) is 24.8 Å². The van der Waals surface area contributed by atoms with Crippen molar-refractivity contribution < 1.29 is 24.6 Å². The number of carboxylic acids is 1. The second-order valence-corrected chi connectivity index (χ2v) is 4.50. The quantitative estimate of drug-likeness (QED) is 0.406. The lowest BCUT2D eigenvalue weighted by Gasteiger charge is -2.10. The lowest BCUT2D eigenvalue weighted by atomic mass is 10.1. The summed E-state index contributed by atoms with van der Waals surface area (Å²) in [5.74, 6) is -1.10. The first kappa shape index (κ1) is 16.9. The van der Waals surface area contributed by atoms with Crippen molar-refractivity contribution in [1.29, 1.82) is 0 Å². The molecule has 0 bridgehead atoms. The van der Waals surface area contributed by atoms with Gasteiger partial charge in [-0.2, -0.15) is 5.48 Å². The number of carbonyl (C=O) groups is 2. The van der Waals surface area contributed by atoms with Gasteiger partial charge in [0.05, 0.1) is 0 Å². The van der Waals surface area contributed by atoms with E-state index in [9.17, 15) is 9.59 Å². The van der Waals surface area contributed by atoms with Gasteiger partial charge in [-0.1, -0.05) is 30.3 Å². The second-order valence-electron chi connectivity index (χ2n) is 4.50. The zero-order chi connectivity index (χ0) is 15.5. The highest BCUT2D eigenvalue weighted by atomic mass is 16.5. The van der Waals surface area contributed by atoms with E-state index in [4.69, 9.17) is 15.1 Å². The maximum Gasteiger partial charge on any atom is 0.407 e. The van der Waals surface area contributed by atoms with Crippen LogP contribution in [0.3, 0.4) is 0 Å². The van der Waals surface area contributed by atoms with Crippen molar-refractivity contribution in [1.82, 2.24) is 10.8 Å². The number of hydrogen-bond acceptors (Lipinski definition) is 5. The van der Waals surface area contributed by atoms with Gasteiger partial charge in [-0.15, -0.1) is 0 Å². The summed E-state index contributed by atoms with van der Waals surface area (Å²) in [5, 5.41) is 19.9. The minimum absolute atomic E-state index is 0.211. The van der Waals surface area contributed by atoms with E-state index in [2.05, 4.69) is 5.32 Å². The third-order valence-electron chi connectivity index (χ3n) is 2.86. The Hall–Kier alpha value is -2.12. The van der Waals surface area contributed by atoms with Crippen molar-refractivity contribution >= 4 is 12.1 Å². The average Bonchev–Trinajstić information content (AvgIpc) is 2.49. The zero-order valence-electron chi connectivity index (χ0n) is 11.6. The van der Waals surface area contributed by atoms with E-state index in [-0.39, 0.29) is 13.0 Å². The molecule has 1 rings (SSSR count). The molecule has 0 aliphatic carbocycles. The number of unbranched alkanes of at least 4 members (excludes halogenated alkanes) is 1. The number of ether oxygens (including phenoxy) is 1. The van der Waals surface area contributed by atoms with Crippen molar-refractivity contribution in [2.24, 2.45) is 0 Å². The third-order valence-corrected chi connectivity index (χ3v) is 2.86. The summed E-state index contributed by atoms with van der Waals surface area (Å²) in [7, 11) is 0. The molecule has 0 unspecified atom stereocenters. The van der Waals surface area contributed by atoms with Crippen LogP contribution >= 0.6 is 0 Å². The van der Waals surface area contributed by atoms with E-state index in [1.165, 1.54) is 0 Å². The number of carboxylic acid groups (broad SMARTS) is 1. The fourth-order valence-electron chi connectivity index (χ4n) is 1.68. The van der Waals surface area contributed by atoms with Crippen LogP contribution < -0.4 is 10.8 Å². The molecule has 0 fully saturated rings. The van der Waals surface area contributed by atoms with Gasteiger partial charge in [0, 0.05) is 6.54 Å². The number of amides is 1. The Bertz CT molecular complexity index is 438. The fraction of sp³-hybridized carbons (Fsp3) is 0.429. The van der Waals surface area contributed by atoms with E-state index in [1.54, 1.807) is 5.48 Å². The van der Waals surface area contributed by atoms with Crippen LogP contribution in [0.25, 0.3) is 0 Å². The largest absolute Gasteiger partial charge is 0.480 e. The number of hydrogen-bond donors (Lipinski definition) is 4. The highest BCUT2D eigenvalue weighted by molar-refractivity contribution is 5.73. The van der Waals surface area contributed by atoms with Crippen LogP contribution in [-0.2, 0) is 16.1 Å². The van der Waals surface area contributed by atoms with E-state index in [0.717, 1.165) is 5.56 Å². The Balaban J connectivity index is 2.07. The van der Waals surface area contributed by atoms with Gasteiger partial charge in [-0.3, -0.25) is 4.79 Å². The molecular weight excluding hydrogens is 276 g/mol. The minimum atomic E-state index is -1.10. The van der Waals surface area contributed by atoms with Gasteiger partial charge in [0.1, 0.15) is 12.6 Å². The Morgan fingerprint density at radius 1 is 1.19 bits per heavy atom. The number of benzene rings is 1. The van der Waals surface area contributed by atoms with Crippen LogP contribution in [0.5, 0.6) is 0 Å². The summed E-state index contributed by atoms with van der Waals surface area (Å²) in [5.41, 5.74) is 2.64. The van der Waals surface area contributed by atoms with Crippen LogP contribution in [0, 0.1) is 0 Å². The number of nitrogens with one attached hydrogen (secondary N) is 2. The summed E-state index contributed by atoms with van der Waals surface area (Å²) in [6, 6.07) is 8.36. The second kappa shape index (κ2) is 9.73. The Morgan fingerprint density at radius 2 is 1.90 bits per heavy atom. The summed E-state index contributed by atoms with van der Waals surface area (Å²) >= 11 is 0. The SMILES string of the molecule is O=C(NCCCC[C@H](NO)C(=O)O)OCc1ccccc1. The van der Waals surface area contributed by atoms with Crippen molar-refractivity contribution in [2.75, 3.05) is 6.54 Å². The highest BCUT2D eigenvalue weighted by Gasteiger charge is 2.14. The van der Waals surface area contributed by atoms with Gasteiger partial charge < -0.3 is 20.4 Å². The molecule has 0 heterocycles. The number of rotatable bonds is 9. The van der Waals surface area contributed by atoms with Crippen molar-refractivity contribution in [3.63, 3.8) is 0 Å². The van der Waals surface area contributed by atoms with Gasteiger partial charge in [-0.25, -0.2) is 4.79 Å². The number of aliphatic carboxylic acids is 1. The maximum absolute atomic E-state index is 11.4. The van der Waals surface area contributed by atoms with Gasteiger partial charge in [0.25, 0.3) is 0 Å². The lowest BCUT2D eigenvalue weighted by Crippen LogP contribution is -2.34. The third kappa shape index (κ3) is 7.28. The molecule has 0 saturated heterocycles. The molecule has 116 valence electrons. The molecule has 1 aromatic carbocycles. The van der Waals surface area contributed by atoms with E-state index >= 15 is 0 Å². The normalized spacial score (nSPS) is 11.7. The predicted octanol–water partition coefficient (Wildman–Crippen LogP) is 1.52. The van der Waals surface area contributed by atoms with Gasteiger partial charge in [0.15, 0.2) is 0 Å². The van der Waals surface area contributed by atoms with Gasteiger partial charge in [0.2, 0.25) is 0 Å². The number of hydroxylamine groups is 1. The summed E-state index contributed by atoms with van der Waals surface area (Å²) in [4.78, 5) is 22.0. The topological polar surface area (TPSA) is 108 Å². The molecule has 0 aliphatic rings. The zero-order valence-corrected chi connectivity index (χ0v) is 11.6. The molecule has 1 aromatic rings. The molecule has 0 aliphatic heterocycles. The summed E-state index contributed by atoms with van der Waals surface area (Å²) < 4.78 is 5.02. The highest BCUT2D eigenvalue weighted by Crippen LogP contribution is 2.02. The van der Waals surface area contributed by atoms with Crippen LogP contribution in [0.15, 0.2) is 30.3 Å². The van der Waals surface area contributed by atoms with E-state index < -0.39 is 18.1 Å². The Kier molecular flexibility index (Phi) is 7.85. The molecule has 0 radical (unpaired) electrons. The Morgan fingerprint density at radius 3 is 2.52 bits per heavy atom. The first-order valence-electron chi connectivity index (χ1n) is 6.70. The van der Waals surface area contributed by atoms with Crippen LogP contribution in [-0.4, -0.2) is 35.0 Å². The minimum Gasteiger partial charge on any atom is -0.480 e. The first-order chi connectivity index (χ1) is 10.1. The van der Waals surface area contributed by atoms with E-state index in [0.29, 0.717) is 19.4 Å². The smallest absolute Gasteiger partial charge is 0.407 e. The monoisotopic (exact) mass is 296 g/mol. The predicted molar refractivity (Wildman–Crippen MR) is 74.8 cm³/mol. The average molecular weight is 296 g/mol. The molecule has 0 saturated carbocycles.